The van der Waals surface area contributed by atoms with Crippen molar-refractivity contribution in [3.8, 4) is 0 Å². The number of halogens is 1. The lowest BCUT2D eigenvalue weighted by molar-refractivity contribution is 0.0482. The summed E-state index contributed by atoms with van der Waals surface area (Å²) in [7, 11) is 0. The fourth-order valence-corrected chi connectivity index (χ4v) is 1.06. The van der Waals surface area contributed by atoms with E-state index in [9.17, 15) is 9.18 Å². The summed E-state index contributed by atoms with van der Waals surface area (Å²) in [6.45, 7) is 0.926. The number of ether oxygens (including phenoxy) is 1. The van der Waals surface area contributed by atoms with Gasteiger partial charge in [-0.15, -0.1) is 0 Å². The molecule has 3 nitrogen and oxygen atoms in total. The number of rotatable bonds is 3. The van der Waals surface area contributed by atoms with Crippen LogP contribution >= 0.6 is 0 Å². The number of benzene rings is 1. The van der Waals surface area contributed by atoms with E-state index in [-0.39, 0.29) is 6.61 Å². The molecular weight excluding hydrogens is 185 g/mol. The Morgan fingerprint density at radius 3 is 2.93 bits per heavy atom. The Hall–Kier alpha value is -1.58. The molecule has 0 saturated heterocycles. The molecule has 0 saturated carbocycles. The van der Waals surface area contributed by atoms with E-state index in [1.807, 2.05) is 6.92 Å². The van der Waals surface area contributed by atoms with Crippen LogP contribution in [0, 0.1) is 6.92 Å². The normalized spacial score (nSPS) is 9.86. The average Bonchev–Trinajstić information content (AvgIpc) is 2.18. The number of nitrogen functional groups attached to an aromatic ring is 1. The topological polar surface area (TPSA) is 52.3 Å². The average molecular weight is 197 g/mol. The third kappa shape index (κ3) is 2.45. The molecule has 0 aromatic heterocycles. The van der Waals surface area contributed by atoms with E-state index in [4.69, 9.17) is 5.73 Å². The second-order valence-corrected chi connectivity index (χ2v) is 2.92. The number of aryl methyl sites for hydroxylation is 1. The van der Waals surface area contributed by atoms with Gasteiger partial charge in [-0.2, -0.15) is 0 Å². The first kappa shape index (κ1) is 10.5. The number of hydrogen-bond donors (Lipinski definition) is 1. The smallest absolute Gasteiger partial charge is 0.340 e. The summed E-state index contributed by atoms with van der Waals surface area (Å²) < 4.78 is 16.4. The van der Waals surface area contributed by atoms with Crippen molar-refractivity contribution < 1.29 is 13.9 Å². The molecule has 1 aromatic carbocycles. The molecule has 0 heterocycles. The van der Waals surface area contributed by atoms with Crippen LogP contribution in [-0.4, -0.2) is 19.3 Å². The Bertz CT molecular complexity index is 339. The third-order valence-electron chi connectivity index (χ3n) is 1.74. The number of esters is 1. The van der Waals surface area contributed by atoms with E-state index in [0.717, 1.165) is 5.56 Å². The van der Waals surface area contributed by atoms with Crippen molar-refractivity contribution >= 4 is 11.7 Å². The van der Waals surface area contributed by atoms with Crippen LogP contribution in [-0.2, 0) is 4.74 Å². The summed E-state index contributed by atoms with van der Waals surface area (Å²) in [4.78, 5) is 11.3. The zero-order valence-electron chi connectivity index (χ0n) is 7.92. The minimum atomic E-state index is -0.683. The zero-order valence-corrected chi connectivity index (χ0v) is 7.92. The highest BCUT2D eigenvalue weighted by atomic mass is 19.1. The van der Waals surface area contributed by atoms with Crippen LogP contribution in [0.5, 0.6) is 0 Å². The highest BCUT2D eigenvalue weighted by Gasteiger charge is 2.10. The number of nitrogens with two attached hydrogens (primary N) is 1. The summed E-state index contributed by atoms with van der Waals surface area (Å²) in [5.41, 5.74) is 7.11. The summed E-state index contributed by atoms with van der Waals surface area (Å²) >= 11 is 0. The Morgan fingerprint density at radius 1 is 1.57 bits per heavy atom. The summed E-state index contributed by atoms with van der Waals surface area (Å²) in [5, 5.41) is 0. The molecule has 0 amide bonds. The van der Waals surface area contributed by atoms with Gasteiger partial charge in [0.25, 0.3) is 0 Å². The predicted octanol–water partition coefficient (Wildman–Crippen LogP) is 1.70. The zero-order chi connectivity index (χ0) is 10.6. The summed E-state index contributed by atoms with van der Waals surface area (Å²) in [5.74, 6) is -0.580. The number of anilines is 1. The van der Waals surface area contributed by atoms with Gasteiger partial charge in [0.1, 0.15) is 13.3 Å². The molecule has 1 aromatic rings. The molecule has 0 radical (unpaired) electrons. The van der Waals surface area contributed by atoms with Gasteiger partial charge in [-0.25, -0.2) is 9.18 Å². The van der Waals surface area contributed by atoms with Gasteiger partial charge in [0.2, 0.25) is 0 Å². The van der Waals surface area contributed by atoms with E-state index >= 15 is 0 Å². The van der Waals surface area contributed by atoms with Crippen LogP contribution in [0.2, 0.25) is 0 Å². The van der Waals surface area contributed by atoms with Gasteiger partial charge in [0.15, 0.2) is 0 Å². The van der Waals surface area contributed by atoms with Gasteiger partial charge in [0.05, 0.1) is 5.56 Å². The first-order valence-corrected chi connectivity index (χ1v) is 4.24. The van der Waals surface area contributed by atoms with Crippen molar-refractivity contribution in [3.05, 3.63) is 29.3 Å². The van der Waals surface area contributed by atoms with E-state index in [1.54, 1.807) is 18.2 Å². The van der Waals surface area contributed by atoms with Gasteiger partial charge in [-0.1, -0.05) is 11.6 Å². The van der Waals surface area contributed by atoms with Gasteiger partial charge in [-0.3, -0.25) is 0 Å². The molecule has 0 bridgehead atoms. The molecule has 0 atom stereocenters. The first-order valence-electron chi connectivity index (χ1n) is 4.24. The Morgan fingerprint density at radius 2 is 2.29 bits per heavy atom. The quantitative estimate of drug-likeness (QED) is 0.592. The molecule has 14 heavy (non-hydrogen) atoms. The Labute approximate surface area is 81.7 Å². The molecule has 2 N–H and O–H groups in total. The van der Waals surface area contributed by atoms with Crippen molar-refractivity contribution in [2.24, 2.45) is 0 Å². The molecule has 0 unspecified atom stereocenters. The maximum Gasteiger partial charge on any atom is 0.340 e. The molecule has 0 aliphatic heterocycles. The molecule has 0 aliphatic rings. The predicted molar refractivity (Wildman–Crippen MR) is 51.8 cm³/mol. The van der Waals surface area contributed by atoms with Crippen molar-refractivity contribution in [1.29, 1.82) is 0 Å². The fourth-order valence-electron chi connectivity index (χ4n) is 1.06. The first-order chi connectivity index (χ1) is 6.65. The molecule has 0 spiro atoms. The van der Waals surface area contributed by atoms with Crippen LogP contribution in [0.3, 0.4) is 0 Å². The number of alkyl halides is 1. The van der Waals surface area contributed by atoms with Crippen LogP contribution in [0.4, 0.5) is 10.1 Å². The van der Waals surface area contributed by atoms with Crippen molar-refractivity contribution in [2.75, 3.05) is 19.0 Å². The molecule has 1 rings (SSSR count). The minimum Gasteiger partial charge on any atom is -0.459 e. The van der Waals surface area contributed by atoms with E-state index in [2.05, 4.69) is 4.74 Å². The lowest BCUT2D eigenvalue weighted by atomic mass is 10.1. The van der Waals surface area contributed by atoms with E-state index in [1.165, 1.54) is 0 Å². The number of carbonyl (C=O) groups excluding carboxylic acids is 1. The third-order valence-corrected chi connectivity index (χ3v) is 1.74. The number of hydrogen-bond acceptors (Lipinski definition) is 3. The second kappa shape index (κ2) is 4.60. The van der Waals surface area contributed by atoms with Crippen LogP contribution in [0.25, 0.3) is 0 Å². The molecular formula is C10H12FNO2. The monoisotopic (exact) mass is 197 g/mol. The van der Waals surface area contributed by atoms with E-state index < -0.39 is 12.6 Å². The maximum absolute atomic E-state index is 11.7. The maximum atomic E-state index is 11.7. The lowest BCUT2D eigenvalue weighted by Crippen LogP contribution is -2.10. The fraction of sp³-hybridized carbons (Fsp3) is 0.300. The van der Waals surface area contributed by atoms with Crippen LogP contribution in [0.15, 0.2) is 18.2 Å². The lowest BCUT2D eigenvalue weighted by Gasteiger charge is -2.05. The van der Waals surface area contributed by atoms with Gasteiger partial charge < -0.3 is 10.5 Å². The van der Waals surface area contributed by atoms with Crippen molar-refractivity contribution in [2.45, 2.75) is 6.92 Å². The Balaban J connectivity index is 2.83. The van der Waals surface area contributed by atoms with Crippen molar-refractivity contribution in [1.82, 2.24) is 0 Å². The highest BCUT2D eigenvalue weighted by molar-refractivity contribution is 5.95. The molecule has 0 fully saturated rings. The standard InChI is InChI=1S/C10H12FNO2/c1-7-2-3-9(12)8(6-7)10(13)14-5-4-11/h2-3,6H,4-5,12H2,1H3. The second-order valence-electron chi connectivity index (χ2n) is 2.92. The van der Waals surface area contributed by atoms with Crippen LogP contribution < -0.4 is 5.73 Å². The molecule has 76 valence electrons. The minimum absolute atomic E-state index is 0.230. The highest BCUT2D eigenvalue weighted by Crippen LogP contribution is 2.14. The van der Waals surface area contributed by atoms with Crippen molar-refractivity contribution in [3.63, 3.8) is 0 Å². The van der Waals surface area contributed by atoms with Gasteiger partial charge in [0, 0.05) is 5.69 Å². The molecule has 4 heteroatoms. The largest absolute Gasteiger partial charge is 0.459 e. The Kier molecular flexibility index (Phi) is 3.45. The van der Waals surface area contributed by atoms with E-state index in [0.29, 0.717) is 11.3 Å². The summed E-state index contributed by atoms with van der Waals surface area (Å²) in [6.07, 6.45) is 0. The summed E-state index contributed by atoms with van der Waals surface area (Å²) in [6, 6.07) is 5.04. The number of carbonyl (C=O) groups is 1. The SMILES string of the molecule is Cc1ccc(N)c(C(=O)OCCF)c1. The van der Waals surface area contributed by atoms with Crippen LogP contribution in [0.1, 0.15) is 15.9 Å². The van der Waals surface area contributed by atoms with Gasteiger partial charge in [-0.05, 0) is 19.1 Å². The molecule has 0 aliphatic carbocycles. The van der Waals surface area contributed by atoms with Gasteiger partial charge >= 0.3 is 5.97 Å².